The zero-order valence-electron chi connectivity index (χ0n) is 15.9. The molecule has 0 aliphatic carbocycles. The molecule has 0 spiro atoms. The number of likely N-dealkylation sites (tertiary alicyclic amines) is 1. The maximum absolute atomic E-state index is 12.6. The molecule has 1 atom stereocenters. The molecule has 1 aromatic carbocycles. The number of benzene rings is 1. The van der Waals surface area contributed by atoms with Gasteiger partial charge in [-0.1, -0.05) is 13.8 Å². The van der Waals surface area contributed by atoms with E-state index in [9.17, 15) is 13.2 Å². The molecule has 7 heteroatoms. The lowest BCUT2D eigenvalue weighted by molar-refractivity contribution is -0.130. The summed E-state index contributed by atoms with van der Waals surface area (Å²) < 4.78 is 33.3. The second-order valence-electron chi connectivity index (χ2n) is 7.11. The number of ether oxygens (including phenoxy) is 1. The second kappa shape index (κ2) is 9.37. The molecule has 146 valence electrons. The quantitative estimate of drug-likeness (QED) is 0.750. The number of carbonyl (C=O) groups is 1. The van der Waals surface area contributed by atoms with Crippen molar-refractivity contribution < 1.29 is 17.9 Å². The summed E-state index contributed by atoms with van der Waals surface area (Å²) in [5.41, 5.74) is 0. The van der Waals surface area contributed by atoms with E-state index in [1.807, 2.05) is 11.8 Å². The first-order valence-corrected chi connectivity index (χ1v) is 10.8. The van der Waals surface area contributed by atoms with Gasteiger partial charge in [0.25, 0.3) is 0 Å². The van der Waals surface area contributed by atoms with E-state index in [1.165, 1.54) is 0 Å². The first-order chi connectivity index (χ1) is 12.3. The van der Waals surface area contributed by atoms with Gasteiger partial charge in [-0.3, -0.25) is 4.79 Å². The number of carbonyl (C=O) groups excluding carboxylic acids is 1. The van der Waals surface area contributed by atoms with Gasteiger partial charge in [-0.2, -0.15) is 0 Å². The Labute approximate surface area is 157 Å². The lowest BCUT2D eigenvalue weighted by Gasteiger charge is -2.22. The molecule has 2 rings (SSSR count). The molecule has 1 aliphatic rings. The Balaban J connectivity index is 1.97. The summed E-state index contributed by atoms with van der Waals surface area (Å²) in [4.78, 5) is 14.3. The Morgan fingerprint density at radius 2 is 1.92 bits per heavy atom. The van der Waals surface area contributed by atoms with Crippen LogP contribution in [0.2, 0.25) is 0 Å². The molecule has 0 saturated carbocycles. The van der Waals surface area contributed by atoms with E-state index >= 15 is 0 Å². The Morgan fingerprint density at radius 3 is 2.54 bits per heavy atom. The van der Waals surface area contributed by atoms with Crippen molar-refractivity contribution in [2.45, 2.75) is 57.4 Å². The third kappa shape index (κ3) is 5.99. The van der Waals surface area contributed by atoms with E-state index in [0.717, 1.165) is 13.0 Å². The number of nitrogens with one attached hydrogen (secondary N) is 1. The minimum absolute atomic E-state index is 0.119. The Hall–Kier alpha value is -1.60. The molecule has 1 heterocycles. The van der Waals surface area contributed by atoms with Crippen molar-refractivity contribution in [2.24, 2.45) is 5.92 Å². The standard InChI is InChI=1S/C19H30N2O4S/c1-4-25-17-6-8-18(9-7-17)26(23,24)20-16-5-10-19(22)21(14-12-16)13-11-15(2)3/h6-9,15-16,20H,4-5,10-14H2,1-3H3. The van der Waals surface area contributed by atoms with Crippen LogP contribution in [0.15, 0.2) is 29.2 Å². The van der Waals surface area contributed by atoms with Gasteiger partial charge in [0, 0.05) is 25.6 Å². The smallest absolute Gasteiger partial charge is 0.240 e. The first-order valence-electron chi connectivity index (χ1n) is 9.34. The first kappa shape index (κ1) is 20.7. The third-order valence-electron chi connectivity index (χ3n) is 4.55. The Bertz CT molecular complexity index is 686. The van der Waals surface area contributed by atoms with Gasteiger partial charge in [0.1, 0.15) is 5.75 Å². The maximum atomic E-state index is 12.6. The molecule has 6 nitrogen and oxygen atoms in total. The van der Waals surface area contributed by atoms with Crippen LogP contribution in [0.4, 0.5) is 0 Å². The van der Waals surface area contributed by atoms with Crippen LogP contribution in [0.1, 0.15) is 46.5 Å². The molecule has 26 heavy (non-hydrogen) atoms. The summed E-state index contributed by atoms with van der Waals surface area (Å²) in [7, 11) is -3.60. The fourth-order valence-electron chi connectivity index (χ4n) is 2.97. The Kier molecular flexibility index (Phi) is 7.46. The van der Waals surface area contributed by atoms with Crippen LogP contribution in [0.5, 0.6) is 5.75 Å². The van der Waals surface area contributed by atoms with Gasteiger partial charge in [-0.25, -0.2) is 13.1 Å². The minimum atomic E-state index is -3.60. The number of rotatable bonds is 8. The van der Waals surface area contributed by atoms with Gasteiger partial charge in [0.2, 0.25) is 15.9 Å². The van der Waals surface area contributed by atoms with Crippen molar-refractivity contribution in [1.29, 1.82) is 0 Å². The number of nitrogens with zero attached hydrogens (tertiary/aromatic N) is 1. The van der Waals surface area contributed by atoms with Crippen LogP contribution in [-0.2, 0) is 14.8 Å². The van der Waals surface area contributed by atoms with E-state index in [0.29, 0.717) is 44.1 Å². The predicted octanol–water partition coefficient (Wildman–Crippen LogP) is 2.79. The largest absolute Gasteiger partial charge is 0.494 e. The van der Waals surface area contributed by atoms with Crippen LogP contribution in [0.25, 0.3) is 0 Å². The van der Waals surface area contributed by atoms with Crippen LogP contribution in [-0.4, -0.2) is 45.0 Å². The van der Waals surface area contributed by atoms with Crippen molar-refractivity contribution in [1.82, 2.24) is 9.62 Å². The molecule has 1 unspecified atom stereocenters. The second-order valence-corrected chi connectivity index (χ2v) is 8.83. The van der Waals surface area contributed by atoms with Crippen LogP contribution >= 0.6 is 0 Å². The van der Waals surface area contributed by atoms with Gasteiger partial charge in [0.15, 0.2) is 0 Å². The van der Waals surface area contributed by atoms with Crippen LogP contribution in [0, 0.1) is 5.92 Å². The summed E-state index contributed by atoms with van der Waals surface area (Å²) in [6.45, 7) is 8.03. The van der Waals surface area contributed by atoms with Crippen molar-refractivity contribution in [3.8, 4) is 5.75 Å². The van der Waals surface area contributed by atoms with E-state index in [4.69, 9.17) is 4.74 Å². The molecular weight excluding hydrogens is 352 g/mol. The lowest BCUT2D eigenvalue weighted by Crippen LogP contribution is -2.36. The van der Waals surface area contributed by atoms with Gasteiger partial charge >= 0.3 is 0 Å². The SMILES string of the molecule is CCOc1ccc(S(=O)(=O)NC2CCC(=O)N(CCC(C)C)CC2)cc1. The zero-order valence-corrected chi connectivity index (χ0v) is 16.7. The van der Waals surface area contributed by atoms with Crippen molar-refractivity contribution in [3.63, 3.8) is 0 Å². The average molecular weight is 383 g/mol. The lowest BCUT2D eigenvalue weighted by atomic mass is 10.1. The Morgan fingerprint density at radius 1 is 1.23 bits per heavy atom. The zero-order chi connectivity index (χ0) is 19.2. The summed E-state index contributed by atoms with van der Waals surface area (Å²) >= 11 is 0. The van der Waals surface area contributed by atoms with E-state index < -0.39 is 10.0 Å². The van der Waals surface area contributed by atoms with Crippen LogP contribution < -0.4 is 9.46 Å². The monoisotopic (exact) mass is 382 g/mol. The van der Waals surface area contributed by atoms with Crippen molar-refractivity contribution in [2.75, 3.05) is 19.7 Å². The van der Waals surface area contributed by atoms with Gasteiger partial charge < -0.3 is 9.64 Å². The summed E-state index contributed by atoms with van der Waals surface area (Å²) in [5.74, 6) is 1.31. The summed E-state index contributed by atoms with van der Waals surface area (Å²) in [5, 5.41) is 0. The summed E-state index contributed by atoms with van der Waals surface area (Å²) in [6, 6.07) is 6.18. The van der Waals surface area contributed by atoms with Gasteiger partial charge in [0.05, 0.1) is 11.5 Å². The highest BCUT2D eigenvalue weighted by molar-refractivity contribution is 7.89. The van der Waals surface area contributed by atoms with E-state index in [2.05, 4.69) is 18.6 Å². The van der Waals surface area contributed by atoms with E-state index in [1.54, 1.807) is 24.3 Å². The molecular formula is C19H30N2O4S. The normalized spacial score (nSPS) is 18.8. The molecule has 1 amide bonds. The third-order valence-corrected chi connectivity index (χ3v) is 6.09. The fourth-order valence-corrected chi connectivity index (χ4v) is 4.28. The molecule has 1 aromatic rings. The predicted molar refractivity (Wildman–Crippen MR) is 102 cm³/mol. The van der Waals surface area contributed by atoms with Crippen LogP contribution in [0.3, 0.4) is 0 Å². The molecule has 0 radical (unpaired) electrons. The topological polar surface area (TPSA) is 75.7 Å². The summed E-state index contributed by atoms with van der Waals surface area (Å²) in [6.07, 6.45) is 2.52. The molecule has 1 saturated heterocycles. The number of sulfonamides is 1. The number of hydrogen-bond donors (Lipinski definition) is 1. The minimum Gasteiger partial charge on any atom is -0.494 e. The number of hydrogen-bond acceptors (Lipinski definition) is 4. The maximum Gasteiger partial charge on any atom is 0.240 e. The molecule has 0 bridgehead atoms. The van der Waals surface area contributed by atoms with Gasteiger partial charge in [-0.15, -0.1) is 0 Å². The fraction of sp³-hybridized carbons (Fsp3) is 0.632. The molecule has 1 aliphatic heterocycles. The molecule has 1 fully saturated rings. The number of amides is 1. The highest BCUT2D eigenvalue weighted by atomic mass is 32.2. The van der Waals surface area contributed by atoms with Gasteiger partial charge in [-0.05, 0) is 56.4 Å². The van der Waals surface area contributed by atoms with Crippen molar-refractivity contribution in [3.05, 3.63) is 24.3 Å². The average Bonchev–Trinajstić information content (AvgIpc) is 2.75. The molecule has 0 aromatic heterocycles. The molecule has 1 N–H and O–H groups in total. The van der Waals surface area contributed by atoms with E-state index in [-0.39, 0.29) is 16.8 Å². The van der Waals surface area contributed by atoms with Crippen molar-refractivity contribution >= 4 is 15.9 Å². The highest BCUT2D eigenvalue weighted by Crippen LogP contribution is 2.19. The highest BCUT2D eigenvalue weighted by Gasteiger charge is 2.26.